The zero-order chi connectivity index (χ0) is 11.0. The maximum atomic E-state index is 12.9. The summed E-state index contributed by atoms with van der Waals surface area (Å²) in [7, 11) is 0. The van der Waals surface area contributed by atoms with Gasteiger partial charge in [-0.25, -0.2) is 8.78 Å². The number of halogens is 2. The minimum Gasteiger partial charge on any atom is -0.306 e. The van der Waals surface area contributed by atoms with Crippen LogP contribution >= 0.6 is 0 Å². The van der Waals surface area contributed by atoms with Crippen LogP contribution in [0.15, 0.2) is 0 Å². The van der Waals surface area contributed by atoms with Crippen LogP contribution in [0.5, 0.6) is 0 Å². The Morgan fingerprint density at radius 3 is 2.14 bits per heavy atom. The number of hydrogen-bond donors (Lipinski definition) is 1. The Morgan fingerprint density at radius 2 is 1.79 bits per heavy atom. The smallest absolute Gasteiger partial charge is 0.256 e. The molecule has 0 aliphatic carbocycles. The fourth-order valence-electron chi connectivity index (χ4n) is 1.60. The maximum absolute atomic E-state index is 12.9. The highest BCUT2D eigenvalue weighted by Crippen LogP contribution is 2.26. The highest BCUT2D eigenvalue weighted by molar-refractivity contribution is 4.89. The molecule has 0 aromatic rings. The van der Waals surface area contributed by atoms with Gasteiger partial charge in [0.15, 0.2) is 0 Å². The first kappa shape index (κ1) is 13.8. The van der Waals surface area contributed by atoms with Crippen molar-refractivity contribution in [3.63, 3.8) is 0 Å². The lowest BCUT2D eigenvalue weighted by atomic mass is 9.90. The largest absolute Gasteiger partial charge is 0.306 e. The molecule has 0 spiro atoms. The fraction of sp³-hybridized carbons (Fsp3) is 1.00. The van der Waals surface area contributed by atoms with Gasteiger partial charge in [0.05, 0.1) is 5.54 Å². The van der Waals surface area contributed by atoms with Crippen molar-refractivity contribution < 1.29 is 8.78 Å². The second-order valence-electron chi connectivity index (χ2n) is 3.84. The summed E-state index contributed by atoms with van der Waals surface area (Å²) in [5.41, 5.74) is -0.938. The Morgan fingerprint density at radius 1 is 1.14 bits per heavy atom. The zero-order valence-corrected chi connectivity index (χ0v) is 9.58. The van der Waals surface area contributed by atoms with Crippen LogP contribution in [0.4, 0.5) is 8.78 Å². The summed E-state index contributed by atoms with van der Waals surface area (Å²) in [5.74, 6) is 0. The summed E-state index contributed by atoms with van der Waals surface area (Å²) < 4.78 is 25.9. The van der Waals surface area contributed by atoms with E-state index in [1.807, 2.05) is 20.8 Å². The van der Waals surface area contributed by atoms with Gasteiger partial charge in [-0.1, -0.05) is 33.6 Å². The molecule has 1 atom stereocenters. The molecular weight excluding hydrogens is 184 g/mol. The minimum absolute atomic E-state index is 0.505. The second kappa shape index (κ2) is 7.16. The summed E-state index contributed by atoms with van der Waals surface area (Å²) in [4.78, 5) is 0. The Hall–Kier alpha value is -0.180. The van der Waals surface area contributed by atoms with Gasteiger partial charge in [-0.05, 0) is 25.8 Å². The third kappa shape index (κ3) is 3.91. The summed E-state index contributed by atoms with van der Waals surface area (Å²) in [6.07, 6.45) is 1.57. The van der Waals surface area contributed by atoms with E-state index in [4.69, 9.17) is 0 Å². The molecule has 14 heavy (non-hydrogen) atoms. The van der Waals surface area contributed by atoms with Crippen LogP contribution in [0.3, 0.4) is 0 Å². The van der Waals surface area contributed by atoms with Crippen LogP contribution < -0.4 is 5.32 Å². The molecule has 1 unspecified atom stereocenters. The van der Waals surface area contributed by atoms with Crippen molar-refractivity contribution in [2.75, 3.05) is 6.54 Å². The second-order valence-corrected chi connectivity index (χ2v) is 3.84. The van der Waals surface area contributed by atoms with Crippen LogP contribution in [-0.4, -0.2) is 18.5 Å². The van der Waals surface area contributed by atoms with E-state index in [0.29, 0.717) is 19.4 Å². The minimum atomic E-state index is -2.26. The Labute approximate surface area is 86.3 Å². The van der Waals surface area contributed by atoms with E-state index < -0.39 is 12.0 Å². The van der Waals surface area contributed by atoms with Crippen molar-refractivity contribution in [3.8, 4) is 0 Å². The maximum Gasteiger partial charge on any atom is 0.256 e. The molecule has 0 aliphatic heterocycles. The van der Waals surface area contributed by atoms with E-state index in [9.17, 15) is 8.78 Å². The van der Waals surface area contributed by atoms with E-state index >= 15 is 0 Å². The summed E-state index contributed by atoms with van der Waals surface area (Å²) in [5, 5.41) is 3.02. The molecule has 0 radical (unpaired) electrons. The van der Waals surface area contributed by atoms with Crippen molar-refractivity contribution in [1.29, 1.82) is 0 Å². The highest BCUT2D eigenvalue weighted by Gasteiger charge is 2.36. The zero-order valence-electron chi connectivity index (χ0n) is 9.58. The van der Waals surface area contributed by atoms with Crippen molar-refractivity contribution >= 4 is 0 Å². The molecule has 0 saturated heterocycles. The predicted molar refractivity (Wildman–Crippen MR) is 56.8 cm³/mol. The van der Waals surface area contributed by atoms with Gasteiger partial charge in [0.2, 0.25) is 0 Å². The molecule has 0 rings (SSSR count). The molecular formula is C11H23F2N. The van der Waals surface area contributed by atoms with Crippen molar-refractivity contribution in [2.45, 2.75) is 64.8 Å². The molecule has 86 valence electrons. The van der Waals surface area contributed by atoms with Crippen LogP contribution in [0.2, 0.25) is 0 Å². The van der Waals surface area contributed by atoms with E-state index in [0.717, 1.165) is 19.3 Å². The third-order valence-electron chi connectivity index (χ3n) is 2.75. The topological polar surface area (TPSA) is 12.0 Å². The molecule has 0 saturated carbocycles. The molecule has 0 aliphatic rings. The lowest BCUT2D eigenvalue weighted by Crippen LogP contribution is -2.51. The van der Waals surface area contributed by atoms with Gasteiger partial charge in [-0.2, -0.15) is 0 Å². The number of hydrogen-bond acceptors (Lipinski definition) is 1. The van der Waals surface area contributed by atoms with Gasteiger partial charge >= 0.3 is 0 Å². The SMILES string of the molecule is CCCCC(CC)(NCCC)C(F)F. The molecule has 0 aromatic heterocycles. The lowest BCUT2D eigenvalue weighted by Gasteiger charge is -2.33. The summed E-state index contributed by atoms with van der Waals surface area (Å²) in [6, 6.07) is 0. The average molecular weight is 207 g/mol. The van der Waals surface area contributed by atoms with Gasteiger partial charge in [-0.3, -0.25) is 0 Å². The summed E-state index contributed by atoms with van der Waals surface area (Å²) in [6.45, 7) is 6.55. The van der Waals surface area contributed by atoms with Crippen molar-refractivity contribution in [1.82, 2.24) is 5.32 Å². The van der Waals surface area contributed by atoms with Crippen molar-refractivity contribution in [2.24, 2.45) is 0 Å². The molecule has 0 amide bonds. The standard InChI is InChI=1S/C11H23F2N/c1-4-7-8-11(6-3,10(12)13)14-9-5-2/h10,14H,4-9H2,1-3H3. The number of alkyl halides is 2. The number of nitrogens with one attached hydrogen (secondary N) is 1. The van der Waals surface area contributed by atoms with Gasteiger partial charge in [0.25, 0.3) is 6.43 Å². The lowest BCUT2D eigenvalue weighted by molar-refractivity contribution is 0.0203. The third-order valence-corrected chi connectivity index (χ3v) is 2.75. The Kier molecular flexibility index (Phi) is 7.06. The molecule has 0 bridgehead atoms. The Balaban J connectivity index is 4.27. The van der Waals surface area contributed by atoms with Crippen molar-refractivity contribution in [3.05, 3.63) is 0 Å². The predicted octanol–water partition coefficient (Wildman–Crippen LogP) is 3.59. The van der Waals surface area contributed by atoms with Gasteiger partial charge < -0.3 is 5.32 Å². The first-order chi connectivity index (χ1) is 6.63. The van der Waals surface area contributed by atoms with E-state index in [-0.39, 0.29) is 0 Å². The monoisotopic (exact) mass is 207 g/mol. The normalized spacial score (nSPS) is 15.9. The van der Waals surface area contributed by atoms with E-state index in [1.165, 1.54) is 0 Å². The Bertz CT molecular complexity index is 129. The van der Waals surface area contributed by atoms with Gasteiger partial charge in [0.1, 0.15) is 0 Å². The van der Waals surface area contributed by atoms with Gasteiger partial charge in [0, 0.05) is 0 Å². The van der Waals surface area contributed by atoms with Crippen LogP contribution in [0.25, 0.3) is 0 Å². The molecule has 0 aromatic carbocycles. The molecule has 0 fully saturated rings. The highest BCUT2D eigenvalue weighted by atomic mass is 19.3. The fourth-order valence-corrected chi connectivity index (χ4v) is 1.60. The number of rotatable bonds is 8. The quantitative estimate of drug-likeness (QED) is 0.641. The summed E-state index contributed by atoms with van der Waals surface area (Å²) >= 11 is 0. The van der Waals surface area contributed by atoms with E-state index in [1.54, 1.807) is 0 Å². The van der Waals surface area contributed by atoms with E-state index in [2.05, 4.69) is 5.32 Å². The molecule has 1 nitrogen and oxygen atoms in total. The number of unbranched alkanes of at least 4 members (excludes halogenated alkanes) is 1. The van der Waals surface area contributed by atoms with Crippen LogP contribution in [0, 0.1) is 0 Å². The van der Waals surface area contributed by atoms with Crippen LogP contribution in [-0.2, 0) is 0 Å². The van der Waals surface area contributed by atoms with Crippen LogP contribution in [0.1, 0.15) is 52.9 Å². The molecule has 3 heteroatoms. The van der Waals surface area contributed by atoms with Gasteiger partial charge in [-0.15, -0.1) is 0 Å². The first-order valence-corrected chi connectivity index (χ1v) is 5.66. The molecule has 1 N–H and O–H groups in total. The molecule has 0 heterocycles. The first-order valence-electron chi connectivity index (χ1n) is 5.66. The average Bonchev–Trinajstić information content (AvgIpc) is 2.18.